The number of hydrogen-bond donors (Lipinski definition) is 1. The van der Waals surface area contributed by atoms with E-state index in [0.29, 0.717) is 12.5 Å². The molecule has 5 heteroatoms. The Hall–Kier alpha value is -0.490. The Morgan fingerprint density at radius 1 is 1.42 bits per heavy atom. The summed E-state index contributed by atoms with van der Waals surface area (Å²) in [4.78, 5) is 6.05. The quantitative estimate of drug-likeness (QED) is 0.902. The molecule has 2 heterocycles. The number of nitrogens with two attached hydrogens (primary N) is 1. The predicted molar refractivity (Wildman–Crippen MR) is 77.3 cm³/mol. The molecule has 0 radical (unpaired) electrons. The van der Waals surface area contributed by atoms with Gasteiger partial charge >= 0.3 is 0 Å². The van der Waals surface area contributed by atoms with Gasteiger partial charge in [-0.25, -0.2) is 4.98 Å². The van der Waals surface area contributed by atoms with E-state index in [1.807, 2.05) is 0 Å². The highest BCUT2D eigenvalue weighted by molar-refractivity contribution is 7.11. The number of nitrogens with zero attached hydrogens (tertiary/aromatic N) is 1. The highest BCUT2D eigenvalue weighted by Gasteiger charge is 2.38. The van der Waals surface area contributed by atoms with E-state index < -0.39 is 0 Å². The normalized spacial score (nSPS) is 19.0. The standard InChI is InChI=1S/C14H24N2O2S/c1-10(2)8-11-12(9-15)19-13(16-11)14(17-3)4-6-18-7-5-14/h10H,4-9,15H2,1-3H3. The average molecular weight is 284 g/mol. The summed E-state index contributed by atoms with van der Waals surface area (Å²) in [5, 5.41) is 1.08. The third-order valence-corrected chi connectivity index (χ3v) is 4.95. The monoisotopic (exact) mass is 284 g/mol. The van der Waals surface area contributed by atoms with Crippen LogP contribution in [0.1, 0.15) is 42.3 Å². The maximum absolute atomic E-state index is 5.86. The molecule has 1 aromatic heterocycles. The fourth-order valence-corrected chi connectivity index (χ4v) is 3.68. The molecule has 0 aliphatic carbocycles. The van der Waals surface area contributed by atoms with Crippen molar-refractivity contribution in [3.05, 3.63) is 15.6 Å². The molecule has 1 aromatic rings. The van der Waals surface area contributed by atoms with Gasteiger partial charge in [0.1, 0.15) is 10.6 Å². The van der Waals surface area contributed by atoms with Crippen LogP contribution >= 0.6 is 11.3 Å². The fraction of sp³-hybridized carbons (Fsp3) is 0.786. The molecule has 0 amide bonds. The maximum atomic E-state index is 5.86. The number of thiazole rings is 1. The number of aromatic nitrogens is 1. The molecule has 1 aliphatic heterocycles. The summed E-state index contributed by atoms with van der Waals surface area (Å²) >= 11 is 1.71. The number of methoxy groups -OCH3 is 1. The zero-order valence-electron chi connectivity index (χ0n) is 12.1. The summed E-state index contributed by atoms with van der Waals surface area (Å²) in [6.45, 7) is 6.46. The Kier molecular flexibility index (Phi) is 4.95. The van der Waals surface area contributed by atoms with Crippen LogP contribution in [0.4, 0.5) is 0 Å². The van der Waals surface area contributed by atoms with Crippen molar-refractivity contribution in [1.82, 2.24) is 4.98 Å². The van der Waals surface area contributed by atoms with Gasteiger partial charge in [0, 0.05) is 44.6 Å². The van der Waals surface area contributed by atoms with Gasteiger partial charge in [-0.1, -0.05) is 13.8 Å². The summed E-state index contributed by atoms with van der Waals surface area (Å²) in [6.07, 6.45) is 2.74. The van der Waals surface area contributed by atoms with Crippen LogP contribution in [0.5, 0.6) is 0 Å². The average Bonchev–Trinajstić information content (AvgIpc) is 2.82. The molecule has 0 atom stereocenters. The lowest BCUT2D eigenvalue weighted by Gasteiger charge is -2.33. The number of hydrogen-bond acceptors (Lipinski definition) is 5. The fourth-order valence-electron chi connectivity index (χ4n) is 2.49. The van der Waals surface area contributed by atoms with Gasteiger partial charge in [0.25, 0.3) is 0 Å². The van der Waals surface area contributed by atoms with Gasteiger partial charge < -0.3 is 15.2 Å². The van der Waals surface area contributed by atoms with Crippen molar-refractivity contribution in [2.24, 2.45) is 11.7 Å². The maximum Gasteiger partial charge on any atom is 0.125 e. The summed E-state index contributed by atoms with van der Waals surface area (Å²) in [6, 6.07) is 0. The van der Waals surface area contributed by atoms with E-state index in [2.05, 4.69) is 13.8 Å². The molecule has 0 spiro atoms. The molecule has 0 saturated carbocycles. The first-order valence-electron chi connectivity index (χ1n) is 6.93. The lowest BCUT2D eigenvalue weighted by molar-refractivity contribution is -0.0949. The molecule has 0 aromatic carbocycles. The second kappa shape index (κ2) is 6.31. The van der Waals surface area contributed by atoms with Gasteiger partial charge in [0.2, 0.25) is 0 Å². The van der Waals surface area contributed by atoms with Crippen molar-refractivity contribution in [3.63, 3.8) is 0 Å². The minimum absolute atomic E-state index is 0.262. The summed E-state index contributed by atoms with van der Waals surface area (Å²) in [7, 11) is 1.77. The van der Waals surface area contributed by atoms with Crippen LogP contribution in [0.25, 0.3) is 0 Å². The highest BCUT2D eigenvalue weighted by Crippen LogP contribution is 2.39. The lowest BCUT2D eigenvalue weighted by atomic mass is 9.95. The van der Waals surface area contributed by atoms with Gasteiger partial charge in [-0.3, -0.25) is 0 Å². The first kappa shape index (κ1) is 14.9. The van der Waals surface area contributed by atoms with Gasteiger partial charge in [0.15, 0.2) is 0 Å². The highest BCUT2D eigenvalue weighted by atomic mass is 32.1. The minimum atomic E-state index is -0.262. The van der Waals surface area contributed by atoms with E-state index in [4.69, 9.17) is 20.2 Å². The van der Waals surface area contributed by atoms with Gasteiger partial charge in [-0.2, -0.15) is 0 Å². The molecule has 0 unspecified atom stereocenters. The van der Waals surface area contributed by atoms with E-state index in [0.717, 1.165) is 43.2 Å². The topological polar surface area (TPSA) is 57.4 Å². The summed E-state index contributed by atoms with van der Waals surface area (Å²) in [5.74, 6) is 0.591. The molecule has 1 saturated heterocycles. The van der Waals surface area contributed by atoms with Crippen molar-refractivity contribution >= 4 is 11.3 Å². The Balaban J connectivity index is 2.30. The SMILES string of the molecule is COC1(c2nc(CC(C)C)c(CN)s2)CCOCC1. The molecular weight excluding hydrogens is 260 g/mol. The molecular formula is C14H24N2O2S. The number of rotatable bonds is 5. The first-order chi connectivity index (χ1) is 9.11. The van der Waals surface area contributed by atoms with Crippen LogP contribution in [0.15, 0.2) is 0 Å². The third-order valence-electron chi connectivity index (χ3n) is 3.65. The van der Waals surface area contributed by atoms with Crippen LogP contribution < -0.4 is 5.73 Å². The van der Waals surface area contributed by atoms with Crippen molar-refractivity contribution < 1.29 is 9.47 Å². The van der Waals surface area contributed by atoms with E-state index in [9.17, 15) is 0 Å². The second-order valence-electron chi connectivity index (χ2n) is 5.50. The zero-order chi connectivity index (χ0) is 13.9. The Bertz CT molecular complexity index is 412. The van der Waals surface area contributed by atoms with E-state index in [1.54, 1.807) is 18.4 Å². The second-order valence-corrected chi connectivity index (χ2v) is 6.59. The Morgan fingerprint density at radius 2 is 2.11 bits per heavy atom. The molecule has 2 N–H and O–H groups in total. The molecule has 1 aliphatic rings. The first-order valence-corrected chi connectivity index (χ1v) is 7.75. The van der Waals surface area contributed by atoms with E-state index >= 15 is 0 Å². The molecule has 108 valence electrons. The predicted octanol–water partition coefficient (Wildman–Crippen LogP) is 2.45. The van der Waals surface area contributed by atoms with Gasteiger partial charge in [-0.15, -0.1) is 11.3 Å². The summed E-state index contributed by atoms with van der Waals surface area (Å²) < 4.78 is 11.3. The smallest absolute Gasteiger partial charge is 0.125 e. The van der Waals surface area contributed by atoms with Crippen molar-refractivity contribution in [3.8, 4) is 0 Å². The number of ether oxygens (including phenoxy) is 2. The largest absolute Gasteiger partial charge is 0.381 e. The Morgan fingerprint density at radius 3 is 2.63 bits per heavy atom. The van der Waals surface area contributed by atoms with Gasteiger partial charge in [0.05, 0.1) is 5.69 Å². The van der Waals surface area contributed by atoms with Crippen LogP contribution in [0.2, 0.25) is 0 Å². The van der Waals surface area contributed by atoms with Crippen molar-refractivity contribution in [1.29, 1.82) is 0 Å². The third kappa shape index (κ3) is 3.16. The van der Waals surface area contributed by atoms with Crippen LogP contribution in [0.3, 0.4) is 0 Å². The lowest BCUT2D eigenvalue weighted by Crippen LogP contribution is -2.35. The van der Waals surface area contributed by atoms with Crippen molar-refractivity contribution in [2.45, 2.75) is 45.3 Å². The Labute approximate surface area is 119 Å². The molecule has 0 bridgehead atoms. The van der Waals surface area contributed by atoms with Crippen LogP contribution in [-0.4, -0.2) is 25.3 Å². The molecule has 19 heavy (non-hydrogen) atoms. The minimum Gasteiger partial charge on any atom is -0.381 e. The van der Waals surface area contributed by atoms with Crippen LogP contribution in [0, 0.1) is 5.92 Å². The summed E-state index contributed by atoms with van der Waals surface area (Å²) in [5.41, 5.74) is 6.75. The molecule has 1 fully saturated rings. The van der Waals surface area contributed by atoms with Crippen LogP contribution in [-0.2, 0) is 28.0 Å². The van der Waals surface area contributed by atoms with E-state index in [1.165, 1.54) is 4.88 Å². The van der Waals surface area contributed by atoms with Gasteiger partial charge in [-0.05, 0) is 12.3 Å². The molecule has 2 rings (SSSR count). The molecule has 4 nitrogen and oxygen atoms in total. The zero-order valence-corrected chi connectivity index (χ0v) is 12.9. The van der Waals surface area contributed by atoms with E-state index in [-0.39, 0.29) is 5.60 Å². The van der Waals surface area contributed by atoms with Crippen molar-refractivity contribution in [2.75, 3.05) is 20.3 Å².